The van der Waals surface area contributed by atoms with E-state index in [4.69, 9.17) is 4.74 Å². The molecule has 0 radical (unpaired) electrons. The third-order valence-corrected chi connectivity index (χ3v) is 5.24. The van der Waals surface area contributed by atoms with Crippen molar-refractivity contribution in [2.75, 3.05) is 7.11 Å². The minimum Gasteiger partial charge on any atom is -0.497 e. The lowest BCUT2D eigenvalue weighted by atomic mass is 9.94. The molecule has 0 spiro atoms. The fraction of sp³-hybridized carbons (Fsp3) is 0.211. The Bertz CT molecular complexity index is 917. The number of Topliss-reactive ketones (excluding diaryl/α,β-unsaturated/α-hetero) is 1. The molecule has 0 atom stereocenters. The van der Waals surface area contributed by atoms with Crippen LogP contribution in [0.2, 0.25) is 0 Å². The van der Waals surface area contributed by atoms with Crippen molar-refractivity contribution in [2.45, 2.75) is 19.3 Å². The maximum atomic E-state index is 11.9. The van der Waals surface area contributed by atoms with E-state index in [2.05, 4.69) is 9.97 Å². The normalized spacial score (nSPS) is 13.6. The van der Waals surface area contributed by atoms with Crippen molar-refractivity contribution in [3.8, 4) is 26.9 Å². The molecule has 4 rings (SSSR count). The second-order valence-corrected chi connectivity index (χ2v) is 6.76. The second kappa shape index (κ2) is 6.17. The van der Waals surface area contributed by atoms with Crippen molar-refractivity contribution >= 4 is 17.1 Å². The molecule has 0 bridgehead atoms. The van der Waals surface area contributed by atoms with E-state index in [-0.39, 0.29) is 5.78 Å². The lowest BCUT2D eigenvalue weighted by Crippen LogP contribution is -2.12. The van der Waals surface area contributed by atoms with Crippen molar-refractivity contribution in [3.63, 3.8) is 0 Å². The highest BCUT2D eigenvalue weighted by Gasteiger charge is 2.19. The lowest BCUT2D eigenvalue weighted by molar-refractivity contribution is 0.0971. The van der Waals surface area contributed by atoms with Gasteiger partial charge in [-0.1, -0.05) is 12.1 Å². The number of ether oxygens (including phenoxy) is 1. The summed E-state index contributed by atoms with van der Waals surface area (Å²) in [6.07, 6.45) is 4.24. The van der Waals surface area contributed by atoms with E-state index in [0.717, 1.165) is 51.0 Å². The SMILES string of the molecule is COc1cccc(-c2cnc(-c3ccc4c(n3)CCCC4=O)s2)c1. The molecule has 4 nitrogen and oxygen atoms in total. The Hall–Kier alpha value is -2.53. The second-order valence-electron chi connectivity index (χ2n) is 5.73. The van der Waals surface area contributed by atoms with Crippen molar-refractivity contribution in [3.05, 3.63) is 53.9 Å². The smallest absolute Gasteiger partial charge is 0.164 e. The third-order valence-electron chi connectivity index (χ3n) is 4.17. The topological polar surface area (TPSA) is 52.1 Å². The van der Waals surface area contributed by atoms with Crippen LogP contribution in [-0.4, -0.2) is 22.9 Å². The zero-order valence-electron chi connectivity index (χ0n) is 13.3. The molecular formula is C19H16N2O2S. The number of ketones is 1. The van der Waals surface area contributed by atoms with Gasteiger partial charge in [0.25, 0.3) is 0 Å². The van der Waals surface area contributed by atoms with E-state index in [1.165, 1.54) is 0 Å². The summed E-state index contributed by atoms with van der Waals surface area (Å²) < 4.78 is 5.28. The third kappa shape index (κ3) is 2.71. The fourth-order valence-electron chi connectivity index (χ4n) is 2.92. The van der Waals surface area contributed by atoms with Gasteiger partial charge in [0.2, 0.25) is 0 Å². The quantitative estimate of drug-likeness (QED) is 0.711. The number of carbonyl (C=O) groups excluding carboxylic acids is 1. The summed E-state index contributed by atoms with van der Waals surface area (Å²) in [4.78, 5) is 22.2. The molecule has 0 fully saturated rings. The number of rotatable bonds is 3. The van der Waals surface area contributed by atoms with Crippen LogP contribution in [0.5, 0.6) is 5.75 Å². The summed E-state index contributed by atoms with van der Waals surface area (Å²) in [5.74, 6) is 1.03. The Morgan fingerprint density at radius 3 is 2.96 bits per heavy atom. The summed E-state index contributed by atoms with van der Waals surface area (Å²) in [6, 6.07) is 11.7. The van der Waals surface area contributed by atoms with Crippen molar-refractivity contribution < 1.29 is 9.53 Å². The molecule has 3 aromatic rings. The molecule has 2 aromatic heterocycles. The maximum absolute atomic E-state index is 11.9. The van der Waals surface area contributed by atoms with E-state index < -0.39 is 0 Å². The first-order valence-electron chi connectivity index (χ1n) is 7.88. The van der Waals surface area contributed by atoms with E-state index in [1.54, 1.807) is 18.4 Å². The van der Waals surface area contributed by atoms with Crippen LogP contribution >= 0.6 is 11.3 Å². The predicted molar refractivity (Wildman–Crippen MR) is 94.6 cm³/mol. The van der Waals surface area contributed by atoms with Gasteiger partial charge in [-0.15, -0.1) is 11.3 Å². The van der Waals surface area contributed by atoms with Crippen LogP contribution in [0.25, 0.3) is 21.1 Å². The molecule has 5 heteroatoms. The maximum Gasteiger partial charge on any atom is 0.164 e. The van der Waals surface area contributed by atoms with Crippen molar-refractivity contribution in [2.24, 2.45) is 0 Å². The lowest BCUT2D eigenvalue weighted by Gasteiger charge is -2.13. The molecule has 0 N–H and O–H groups in total. The van der Waals surface area contributed by atoms with Crippen LogP contribution in [0.4, 0.5) is 0 Å². The van der Waals surface area contributed by atoms with E-state index >= 15 is 0 Å². The number of hydrogen-bond donors (Lipinski definition) is 0. The minimum absolute atomic E-state index is 0.200. The molecular weight excluding hydrogens is 320 g/mol. The largest absolute Gasteiger partial charge is 0.497 e. The van der Waals surface area contributed by atoms with Crippen LogP contribution in [0.1, 0.15) is 28.9 Å². The van der Waals surface area contributed by atoms with Crippen LogP contribution < -0.4 is 4.74 Å². The van der Waals surface area contributed by atoms with Crippen LogP contribution in [0, 0.1) is 0 Å². The number of fused-ring (bicyclic) bond motifs is 1. The first-order valence-corrected chi connectivity index (χ1v) is 8.70. The van der Waals surface area contributed by atoms with Crippen LogP contribution in [-0.2, 0) is 6.42 Å². The molecule has 1 aliphatic carbocycles. The summed E-state index contributed by atoms with van der Waals surface area (Å²) in [7, 11) is 1.66. The number of carbonyl (C=O) groups is 1. The summed E-state index contributed by atoms with van der Waals surface area (Å²) >= 11 is 1.60. The molecule has 2 heterocycles. The highest BCUT2D eigenvalue weighted by atomic mass is 32.1. The average Bonchev–Trinajstić information content (AvgIpc) is 3.12. The van der Waals surface area contributed by atoms with Gasteiger partial charge in [0.1, 0.15) is 10.8 Å². The molecule has 1 aromatic carbocycles. The summed E-state index contributed by atoms with van der Waals surface area (Å²) in [5.41, 5.74) is 3.59. The van der Waals surface area contributed by atoms with E-state index in [0.29, 0.717) is 6.42 Å². The number of aromatic nitrogens is 2. The van der Waals surface area contributed by atoms with Gasteiger partial charge in [0.15, 0.2) is 5.78 Å². The number of hydrogen-bond acceptors (Lipinski definition) is 5. The van der Waals surface area contributed by atoms with Gasteiger partial charge in [-0.2, -0.15) is 0 Å². The molecule has 24 heavy (non-hydrogen) atoms. The average molecular weight is 336 g/mol. The number of aryl methyl sites for hydroxylation is 1. The highest BCUT2D eigenvalue weighted by molar-refractivity contribution is 7.18. The van der Waals surface area contributed by atoms with E-state index in [1.807, 2.05) is 42.6 Å². The van der Waals surface area contributed by atoms with Gasteiger partial charge in [0, 0.05) is 18.2 Å². The Balaban J connectivity index is 1.69. The molecule has 120 valence electrons. The standard InChI is InChI=1S/C19H16N2O2S/c1-23-13-5-2-4-12(10-13)18-11-20-19(24-18)16-9-8-14-15(21-16)6-3-7-17(14)22/h2,4-5,8-11H,3,6-7H2,1H3. The fourth-order valence-corrected chi connectivity index (χ4v) is 3.80. The number of benzene rings is 1. The van der Waals surface area contributed by atoms with Crippen molar-refractivity contribution in [1.29, 1.82) is 0 Å². The molecule has 0 saturated heterocycles. The first-order chi connectivity index (χ1) is 11.7. The first kappa shape index (κ1) is 15.0. The van der Waals surface area contributed by atoms with Gasteiger partial charge < -0.3 is 4.74 Å². The number of pyridine rings is 1. The predicted octanol–water partition coefficient (Wildman–Crippen LogP) is 4.40. The zero-order valence-corrected chi connectivity index (χ0v) is 14.1. The Morgan fingerprint density at radius 1 is 1.17 bits per heavy atom. The summed E-state index contributed by atoms with van der Waals surface area (Å²) in [5, 5.41) is 0.869. The van der Waals surface area contributed by atoms with Gasteiger partial charge >= 0.3 is 0 Å². The number of nitrogens with zero attached hydrogens (tertiary/aromatic N) is 2. The van der Waals surface area contributed by atoms with Crippen LogP contribution in [0.15, 0.2) is 42.6 Å². The van der Waals surface area contributed by atoms with E-state index in [9.17, 15) is 4.79 Å². The minimum atomic E-state index is 0.200. The molecule has 1 aliphatic rings. The summed E-state index contributed by atoms with van der Waals surface area (Å²) in [6.45, 7) is 0. The van der Waals surface area contributed by atoms with Gasteiger partial charge in [-0.3, -0.25) is 4.79 Å². The highest BCUT2D eigenvalue weighted by Crippen LogP contribution is 2.33. The van der Waals surface area contributed by atoms with Crippen molar-refractivity contribution in [1.82, 2.24) is 9.97 Å². The molecule has 0 unspecified atom stereocenters. The van der Waals surface area contributed by atoms with Crippen LogP contribution in [0.3, 0.4) is 0 Å². The Kier molecular flexibility index (Phi) is 3.86. The van der Waals surface area contributed by atoms with Gasteiger partial charge in [0.05, 0.1) is 23.4 Å². The Morgan fingerprint density at radius 2 is 2.08 bits per heavy atom. The molecule has 0 aliphatic heterocycles. The molecule has 0 amide bonds. The number of methoxy groups -OCH3 is 1. The zero-order chi connectivity index (χ0) is 16.5. The number of thiazole rings is 1. The van der Waals surface area contributed by atoms with Gasteiger partial charge in [-0.25, -0.2) is 9.97 Å². The monoisotopic (exact) mass is 336 g/mol. The molecule has 0 saturated carbocycles. The van der Waals surface area contributed by atoms with Gasteiger partial charge in [-0.05, 0) is 42.7 Å². The Labute approximate surface area is 144 Å².